The Morgan fingerprint density at radius 3 is 2.70 bits per heavy atom. The number of rotatable bonds is 0. The molecule has 0 unspecified atom stereocenters. The Bertz CT molecular complexity index is 149. The van der Waals surface area contributed by atoms with Crippen LogP contribution in [0.3, 0.4) is 0 Å². The van der Waals surface area contributed by atoms with E-state index in [4.69, 9.17) is 0 Å². The summed E-state index contributed by atoms with van der Waals surface area (Å²) in [6.45, 7) is 0.958. The van der Waals surface area contributed by atoms with Gasteiger partial charge in [-0.1, -0.05) is 6.08 Å². The van der Waals surface area contributed by atoms with Gasteiger partial charge in [-0.15, -0.1) is 5.10 Å². The van der Waals surface area contributed by atoms with Crippen LogP contribution in [-0.2, 0) is 0 Å². The fourth-order valence-corrected chi connectivity index (χ4v) is 0.431. The molecule has 0 atom stereocenters. The van der Waals surface area contributed by atoms with Crippen LogP contribution in [-0.4, -0.2) is 16.9 Å². The third-order valence-electron chi connectivity index (χ3n) is 0.806. The molecule has 0 saturated heterocycles. The molecule has 0 aromatic carbocycles. The number of nitrogens with one attached hydrogen (secondary N) is 2. The molecule has 0 aliphatic carbocycles. The van der Waals surface area contributed by atoms with E-state index in [9.17, 15) is 0 Å². The third-order valence-corrected chi connectivity index (χ3v) is 0.806. The molecule has 1 aliphatic heterocycles. The van der Waals surface area contributed by atoms with Crippen LogP contribution in [0.15, 0.2) is 29.3 Å². The Morgan fingerprint density at radius 2 is 2.50 bits per heavy atom. The molecule has 0 saturated carbocycles. The first-order chi connectivity index (χ1) is 5.00. The number of hydrogen-bond acceptors (Lipinski definition) is 5. The van der Waals surface area contributed by atoms with Gasteiger partial charge in [0, 0.05) is 18.0 Å². The van der Waals surface area contributed by atoms with Gasteiger partial charge < -0.3 is 9.95 Å². The fraction of sp³-hybridized carbons (Fsp3) is 0.200. The maximum atomic E-state index is 4.22. The van der Waals surface area contributed by atoms with Crippen molar-refractivity contribution >= 4 is 0 Å². The van der Waals surface area contributed by atoms with Crippen LogP contribution in [0.25, 0.3) is 0 Å². The molecule has 1 aromatic rings. The summed E-state index contributed by atoms with van der Waals surface area (Å²) in [4.78, 5) is 0. The Labute approximate surface area is 58.1 Å². The summed E-state index contributed by atoms with van der Waals surface area (Å²) in [6, 6.07) is 0. The van der Waals surface area contributed by atoms with Crippen LogP contribution >= 0.6 is 0 Å². The molecule has 1 aromatic heterocycles. The van der Waals surface area contributed by atoms with E-state index in [1.807, 2.05) is 12.3 Å². The highest BCUT2D eigenvalue weighted by molar-refractivity contribution is 4.85. The topological polar surface area (TPSA) is 63.0 Å². The second kappa shape index (κ2) is 4.51. The normalized spacial score (nSPS) is 13.6. The van der Waals surface area contributed by atoms with Gasteiger partial charge in [0.05, 0.1) is 6.20 Å². The molecule has 2 heterocycles. The number of hydrogen-bond donors (Lipinski definition) is 2. The minimum Gasteiger partial charge on any atom is -0.346 e. The van der Waals surface area contributed by atoms with Crippen molar-refractivity contribution in [1.29, 1.82) is 0 Å². The quantitative estimate of drug-likeness (QED) is 0.517. The van der Waals surface area contributed by atoms with Gasteiger partial charge in [-0.2, -0.15) is 0 Å². The van der Waals surface area contributed by atoms with Crippen LogP contribution in [0.1, 0.15) is 0 Å². The summed E-state index contributed by atoms with van der Waals surface area (Å²) in [7, 11) is 0. The van der Waals surface area contributed by atoms with Gasteiger partial charge in [0.1, 0.15) is 6.26 Å². The van der Waals surface area contributed by atoms with Gasteiger partial charge in [-0.25, -0.2) is 5.43 Å². The van der Waals surface area contributed by atoms with Gasteiger partial charge in [-0.05, 0) is 0 Å². The predicted octanol–water partition coefficient (Wildman–Crippen LogP) is -0.323. The molecule has 5 nitrogen and oxygen atoms in total. The van der Waals surface area contributed by atoms with E-state index >= 15 is 0 Å². The molecule has 54 valence electrons. The molecule has 0 fully saturated rings. The van der Waals surface area contributed by atoms with Crippen molar-refractivity contribution < 1.29 is 4.52 Å². The lowest BCUT2D eigenvalue weighted by molar-refractivity contribution is 0.393. The molecule has 5 heteroatoms. The van der Waals surface area contributed by atoms with Crippen molar-refractivity contribution in [2.45, 2.75) is 0 Å². The Hall–Kier alpha value is -1.36. The average Bonchev–Trinajstić information content (AvgIpc) is 2.67. The summed E-state index contributed by atoms with van der Waals surface area (Å²) in [5.74, 6) is 0. The van der Waals surface area contributed by atoms with Gasteiger partial charge in [0.25, 0.3) is 0 Å². The smallest absolute Gasteiger partial charge is 0.144 e. The summed E-state index contributed by atoms with van der Waals surface area (Å²) < 4.78 is 4.22. The highest BCUT2D eigenvalue weighted by Gasteiger charge is 1.78. The van der Waals surface area contributed by atoms with Crippen LogP contribution < -0.4 is 10.9 Å². The van der Waals surface area contributed by atoms with Crippen LogP contribution in [0.2, 0.25) is 0 Å². The van der Waals surface area contributed by atoms with Gasteiger partial charge in [0.15, 0.2) is 0 Å². The summed E-state index contributed by atoms with van der Waals surface area (Å²) in [5, 5.41) is 6.40. The molecular weight excluding hydrogens is 132 g/mol. The molecule has 0 radical (unpaired) electrons. The molecule has 1 aliphatic rings. The molecule has 0 amide bonds. The Balaban J connectivity index is 0.0000001000. The molecule has 2 N–H and O–H groups in total. The van der Waals surface area contributed by atoms with Crippen LogP contribution in [0, 0.1) is 0 Å². The van der Waals surface area contributed by atoms with E-state index < -0.39 is 0 Å². The molecule has 0 bridgehead atoms. The summed E-state index contributed by atoms with van der Waals surface area (Å²) in [6.07, 6.45) is 6.76. The van der Waals surface area contributed by atoms with E-state index in [1.165, 1.54) is 12.5 Å². The van der Waals surface area contributed by atoms with E-state index in [-0.39, 0.29) is 0 Å². The van der Waals surface area contributed by atoms with Crippen molar-refractivity contribution in [2.24, 2.45) is 0 Å². The number of aromatic nitrogens is 2. The molecule has 2 rings (SSSR count). The van der Waals surface area contributed by atoms with Gasteiger partial charge in [0.2, 0.25) is 0 Å². The van der Waals surface area contributed by atoms with Crippen LogP contribution in [0.5, 0.6) is 0 Å². The van der Waals surface area contributed by atoms with Crippen molar-refractivity contribution in [2.75, 3.05) is 6.54 Å². The summed E-state index contributed by atoms with van der Waals surface area (Å²) >= 11 is 0. The number of hydrazine groups is 1. The van der Waals surface area contributed by atoms with Gasteiger partial charge >= 0.3 is 0 Å². The van der Waals surface area contributed by atoms with E-state index in [1.54, 1.807) is 0 Å². The average molecular weight is 140 g/mol. The first kappa shape index (κ1) is 6.76. The monoisotopic (exact) mass is 140 g/mol. The maximum absolute atomic E-state index is 4.22. The molecule has 0 spiro atoms. The third kappa shape index (κ3) is 2.83. The van der Waals surface area contributed by atoms with E-state index in [2.05, 4.69) is 25.7 Å². The lowest BCUT2D eigenvalue weighted by atomic mass is 10.7. The van der Waals surface area contributed by atoms with E-state index in [0.717, 1.165) is 6.54 Å². The summed E-state index contributed by atoms with van der Waals surface area (Å²) in [5.41, 5.74) is 5.65. The lowest BCUT2D eigenvalue weighted by Gasteiger charge is -1.83. The van der Waals surface area contributed by atoms with Crippen molar-refractivity contribution in [1.82, 2.24) is 21.2 Å². The number of nitrogens with zero attached hydrogens (tertiary/aromatic N) is 2. The van der Waals surface area contributed by atoms with E-state index in [0.29, 0.717) is 0 Å². The molecule has 10 heavy (non-hydrogen) atoms. The zero-order chi connectivity index (χ0) is 7.07. The fourth-order valence-electron chi connectivity index (χ4n) is 0.431. The van der Waals surface area contributed by atoms with Crippen LogP contribution in [0.4, 0.5) is 0 Å². The minimum absolute atomic E-state index is 0.958. The first-order valence-corrected chi connectivity index (χ1v) is 2.84. The second-order valence-electron chi connectivity index (χ2n) is 1.52. The highest BCUT2D eigenvalue weighted by Crippen LogP contribution is 1.67. The lowest BCUT2D eigenvalue weighted by Crippen LogP contribution is -2.19. The Kier molecular flexibility index (Phi) is 3.05. The SMILES string of the molecule is C1=CNNC1.c1conn1. The Morgan fingerprint density at radius 1 is 1.50 bits per heavy atom. The van der Waals surface area contributed by atoms with Crippen molar-refractivity contribution in [3.63, 3.8) is 0 Å². The predicted molar refractivity (Wildman–Crippen MR) is 34.6 cm³/mol. The standard InChI is InChI=1S/C3H6N2.C2H2N2O/c1-2-4-5-3-1;1-2-5-4-3-1/h1-2,4-5H,3H2;1-2H. The largest absolute Gasteiger partial charge is 0.346 e. The van der Waals surface area contributed by atoms with Crippen molar-refractivity contribution in [3.8, 4) is 0 Å². The first-order valence-electron chi connectivity index (χ1n) is 2.84. The molecular formula is C5H8N4O. The van der Waals surface area contributed by atoms with Crippen molar-refractivity contribution in [3.05, 3.63) is 24.7 Å². The minimum atomic E-state index is 0.958. The second-order valence-corrected chi connectivity index (χ2v) is 1.52. The zero-order valence-electron chi connectivity index (χ0n) is 5.32. The highest BCUT2D eigenvalue weighted by atomic mass is 16.5. The van der Waals surface area contributed by atoms with Gasteiger partial charge in [-0.3, -0.25) is 0 Å². The zero-order valence-corrected chi connectivity index (χ0v) is 5.32. The maximum Gasteiger partial charge on any atom is 0.144 e.